The van der Waals surface area contributed by atoms with Gasteiger partial charge >= 0.3 is 0 Å². The van der Waals surface area contributed by atoms with Crippen LogP contribution in [0.5, 0.6) is 0 Å². The van der Waals surface area contributed by atoms with Gasteiger partial charge in [-0.3, -0.25) is 0 Å². The first kappa shape index (κ1) is 15.5. The van der Waals surface area contributed by atoms with Crippen LogP contribution in [0.4, 0.5) is 0 Å². The summed E-state index contributed by atoms with van der Waals surface area (Å²) in [5.41, 5.74) is 2.29. The van der Waals surface area contributed by atoms with Crippen LogP contribution in [0.1, 0.15) is 30.5 Å². The van der Waals surface area contributed by atoms with Gasteiger partial charge in [0.05, 0.1) is 18.1 Å². The molecule has 1 heterocycles. The molecular formula is C15H23NO3S. The Bertz CT molecular complexity index is 542. The van der Waals surface area contributed by atoms with Gasteiger partial charge in [0.25, 0.3) is 0 Å². The molecule has 1 aliphatic heterocycles. The van der Waals surface area contributed by atoms with Gasteiger partial charge in [0.2, 0.25) is 0 Å². The zero-order valence-corrected chi connectivity index (χ0v) is 12.9. The van der Waals surface area contributed by atoms with Gasteiger partial charge in [-0.2, -0.15) is 0 Å². The van der Waals surface area contributed by atoms with Crippen molar-refractivity contribution in [2.75, 3.05) is 25.2 Å². The molecule has 0 amide bonds. The van der Waals surface area contributed by atoms with Gasteiger partial charge in [-0.25, -0.2) is 8.42 Å². The van der Waals surface area contributed by atoms with Gasteiger partial charge < -0.3 is 10.1 Å². The summed E-state index contributed by atoms with van der Waals surface area (Å²) in [5.74, 6) is 0.746. The second-order valence-corrected chi connectivity index (χ2v) is 7.56. The molecule has 2 atom stereocenters. The average molecular weight is 297 g/mol. The molecule has 1 saturated heterocycles. The van der Waals surface area contributed by atoms with Crippen molar-refractivity contribution in [2.45, 2.75) is 26.0 Å². The quantitative estimate of drug-likeness (QED) is 0.871. The van der Waals surface area contributed by atoms with Crippen molar-refractivity contribution in [2.24, 2.45) is 5.92 Å². The Kier molecular flexibility index (Phi) is 5.18. The number of benzene rings is 1. The highest BCUT2D eigenvalue weighted by Gasteiger charge is 2.34. The Labute approximate surface area is 121 Å². The summed E-state index contributed by atoms with van der Waals surface area (Å²) in [5, 5.41) is 3.46. The maximum absolute atomic E-state index is 11.7. The molecule has 2 unspecified atom stereocenters. The molecule has 112 valence electrons. The molecule has 0 radical (unpaired) electrons. The summed E-state index contributed by atoms with van der Waals surface area (Å²) in [4.78, 5) is 0. The molecule has 0 aliphatic carbocycles. The highest BCUT2D eigenvalue weighted by molar-refractivity contribution is 7.91. The highest BCUT2D eigenvalue weighted by Crippen LogP contribution is 2.33. The van der Waals surface area contributed by atoms with Gasteiger partial charge in [0, 0.05) is 13.2 Å². The van der Waals surface area contributed by atoms with E-state index < -0.39 is 9.84 Å². The lowest BCUT2D eigenvalue weighted by Crippen LogP contribution is -2.30. The summed E-state index contributed by atoms with van der Waals surface area (Å²) < 4.78 is 28.7. The van der Waals surface area contributed by atoms with E-state index >= 15 is 0 Å². The van der Waals surface area contributed by atoms with Crippen LogP contribution in [-0.4, -0.2) is 33.6 Å². The average Bonchev–Trinajstić information content (AvgIpc) is 2.77. The normalized spacial score (nSPS) is 22.8. The van der Waals surface area contributed by atoms with Crippen LogP contribution >= 0.6 is 0 Å². The summed E-state index contributed by atoms with van der Waals surface area (Å²) in [7, 11) is -1.18. The third kappa shape index (κ3) is 3.59. The lowest BCUT2D eigenvalue weighted by molar-refractivity contribution is 0.183. The van der Waals surface area contributed by atoms with E-state index in [2.05, 4.69) is 18.3 Å². The first-order chi connectivity index (χ1) is 9.57. The number of hydrogen-bond acceptors (Lipinski definition) is 4. The third-order valence-electron chi connectivity index (χ3n) is 3.85. The van der Waals surface area contributed by atoms with E-state index in [4.69, 9.17) is 4.74 Å². The summed E-state index contributed by atoms with van der Waals surface area (Å²) in [6.45, 7) is 3.43. The fourth-order valence-corrected chi connectivity index (χ4v) is 4.80. The van der Waals surface area contributed by atoms with Gasteiger partial charge in [-0.1, -0.05) is 31.2 Å². The fraction of sp³-hybridized carbons (Fsp3) is 0.600. The maximum atomic E-state index is 11.7. The van der Waals surface area contributed by atoms with Crippen molar-refractivity contribution in [3.05, 3.63) is 35.4 Å². The standard InChI is InChI=1S/C15H23NO3S/c1-3-16-15(13-8-9-20(17,18)11-13)14-7-5-4-6-12(14)10-19-2/h4-7,13,15-16H,3,8-11H2,1-2H3. The molecule has 1 aromatic rings. The molecule has 0 bridgehead atoms. The van der Waals surface area contributed by atoms with Crippen LogP contribution in [0.3, 0.4) is 0 Å². The lowest BCUT2D eigenvalue weighted by Gasteiger charge is -2.26. The van der Waals surface area contributed by atoms with Crippen molar-refractivity contribution in [3.8, 4) is 0 Å². The SMILES string of the molecule is CCNC(c1ccccc1COC)C1CCS(=O)(=O)C1. The Morgan fingerprint density at radius 2 is 2.15 bits per heavy atom. The molecule has 0 saturated carbocycles. The molecule has 1 aliphatic rings. The van der Waals surface area contributed by atoms with Crippen LogP contribution in [0.15, 0.2) is 24.3 Å². The van der Waals surface area contributed by atoms with Crippen molar-refractivity contribution in [3.63, 3.8) is 0 Å². The molecular weight excluding hydrogens is 274 g/mol. The van der Waals surface area contributed by atoms with Crippen molar-refractivity contribution >= 4 is 9.84 Å². The first-order valence-corrected chi connectivity index (χ1v) is 8.90. The Morgan fingerprint density at radius 1 is 1.40 bits per heavy atom. The molecule has 0 aromatic heterocycles. The Morgan fingerprint density at radius 3 is 2.75 bits per heavy atom. The topological polar surface area (TPSA) is 55.4 Å². The van der Waals surface area contributed by atoms with E-state index in [1.54, 1.807) is 7.11 Å². The number of methoxy groups -OCH3 is 1. The third-order valence-corrected chi connectivity index (χ3v) is 5.65. The summed E-state index contributed by atoms with van der Waals surface area (Å²) in [6.07, 6.45) is 0.737. The number of hydrogen-bond donors (Lipinski definition) is 1. The van der Waals surface area contributed by atoms with E-state index in [1.165, 1.54) is 5.56 Å². The Hall–Kier alpha value is -0.910. The van der Waals surface area contributed by atoms with Gasteiger partial charge in [-0.05, 0) is 30.0 Å². The predicted octanol–water partition coefficient (Wildman–Crippen LogP) is 1.92. The second kappa shape index (κ2) is 6.70. The molecule has 4 nitrogen and oxygen atoms in total. The van der Waals surface area contributed by atoms with Crippen molar-refractivity contribution in [1.29, 1.82) is 0 Å². The zero-order valence-electron chi connectivity index (χ0n) is 12.1. The molecule has 0 spiro atoms. The van der Waals surface area contributed by atoms with Crippen LogP contribution in [-0.2, 0) is 21.2 Å². The Balaban J connectivity index is 2.29. The first-order valence-electron chi connectivity index (χ1n) is 7.08. The van der Waals surface area contributed by atoms with E-state index in [1.807, 2.05) is 18.2 Å². The van der Waals surface area contributed by atoms with E-state index in [0.717, 1.165) is 18.5 Å². The van der Waals surface area contributed by atoms with Crippen molar-refractivity contribution < 1.29 is 13.2 Å². The van der Waals surface area contributed by atoms with Gasteiger partial charge in [0.1, 0.15) is 0 Å². The van der Waals surface area contributed by atoms with E-state index in [9.17, 15) is 8.42 Å². The maximum Gasteiger partial charge on any atom is 0.150 e. The van der Waals surface area contributed by atoms with Gasteiger partial charge in [0.15, 0.2) is 9.84 Å². The van der Waals surface area contributed by atoms with E-state index in [-0.39, 0.29) is 17.7 Å². The number of rotatable bonds is 6. The lowest BCUT2D eigenvalue weighted by atomic mass is 9.89. The second-order valence-electron chi connectivity index (χ2n) is 5.33. The summed E-state index contributed by atoms with van der Waals surface area (Å²) >= 11 is 0. The molecule has 1 fully saturated rings. The number of sulfone groups is 1. The minimum absolute atomic E-state index is 0.0867. The molecule has 20 heavy (non-hydrogen) atoms. The fourth-order valence-electron chi connectivity index (χ4n) is 2.96. The number of nitrogens with one attached hydrogen (secondary N) is 1. The molecule has 1 aromatic carbocycles. The van der Waals surface area contributed by atoms with Crippen LogP contribution in [0, 0.1) is 5.92 Å². The van der Waals surface area contributed by atoms with Gasteiger partial charge in [-0.15, -0.1) is 0 Å². The predicted molar refractivity (Wildman–Crippen MR) is 80.3 cm³/mol. The highest BCUT2D eigenvalue weighted by atomic mass is 32.2. The smallest absolute Gasteiger partial charge is 0.150 e. The zero-order chi connectivity index (χ0) is 14.6. The minimum Gasteiger partial charge on any atom is -0.380 e. The monoisotopic (exact) mass is 297 g/mol. The minimum atomic E-state index is -2.86. The molecule has 2 rings (SSSR count). The van der Waals surface area contributed by atoms with E-state index in [0.29, 0.717) is 12.4 Å². The van der Waals surface area contributed by atoms with Crippen LogP contribution in [0.25, 0.3) is 0 Å². The van der Waals surface area contributed by atoms with Crippen molar-refractivity contribution in [1.82, 2.24) is 5.32 Å². The van der Waals surface area contributed by atoms with Crippen LogP contribution < -0.4 is 5.32 Å². The summed E-state index contributed by atoms with van der Waals surface area (Å²) in [6, 6.07) is 8.21. The number of ether oxygens (including phenoxy) is 1. The molecule has 5 heteroatoms. The van der Waals surface area contributed by atoms with Crippen LogP contribution in [0.2, 0.25) is 0 Å². The largest absolute Gasteiger partial charge is 0.380 e. The molecule has 1 N–H and O–H groups in total.